The number of anilines is 2. The fourth-order valence-corrected chi connectivity index (χ4v) is 6.98. The molecule has 1 amide bonds. The molecule has 6 rings (SSSR count). The first-order chi connectivity index (χ1) is 15.4. The van der Waals surface area contributed by atoms with Crippen molar-refractivity contribution in [3.8, 4) is 0 Å². The van der Waals surface area contributed by atoms with E-state index in [1.54, 1.807) is 12.3 Å². The number of halogens is 1. The number of hydrogen-bond donors (Lipinski definition) is 2. The Hall–Kier alpha value is -2.74. The van der Waals surface area contributed by atoms with E-state index in [-0.39, 0.29) is 11.7 Å². The van der Waals surface area contributed by atoms with E-state index in [9.17, 15) is 9.18 Å². The van der Waals surface area contributed by atoms with Crippen LogP contribution in [0.15, 0.2) is 24.4 Å². The molecule has 0 bridgehead atoms. The summed E-state index contributed by atoms with van der Waals surface area (Å²) >= 11 is 1.23. The van der Waals surface area contributed by atoms with Gasteiger partial charge in [-0.15, -0.1) is 11.3 Å². The van der Waals surface area contributed by atoms with Gasteiger partial charge < -0.3 is 16.0 Å². The number of aryl methyl sites for hydroxylation is 1. The van der Waals surface area contributed by atoms with Gasteiger partial charge in [-0.3, -0.25) is 4.79 Å². The molecule has 1 aliphatic heterocycles. The molecule has 6 nitrogen and oxygen atoms in total. The Morgan fingerprint density at radius 1 is 1.41 bits per heavy atom. The minimum absolute atomic E-state index is 0.205. The first kappa shape index (κ1) is 19.9. The number of nitrogens with two attached hydrogens (primary N) is 1. The van der Waals surface area contributed by atoms with Gasteiger partial charge in [0, 0.05) is 31.5 Å². The van der Waals surface area contributed by atoms with Gasteiger partial charge >= 0.3 is 0 Å². The van der Waals surface area contributed by atoms with E-state index in [2.05, 4.69) is 20.2 Å². The van der Waals surface area contributed by atoms with Crippen LogP contribution in [0.5, 0.6) is 0 Å². The number of amides is 1. The molecule has 2 saturated carbocycles. The zero-order valence-electron chi connectivity index (χ0n) is 18.0. The van der Waals surface area contributed by atoms with Crippen LogP contribution in [0.2, 0.25) is 0 Å². The molecular formula is C24H26FN5OS. The summed E-state index contributed by atoms with van der Waals surface area (Å²) in [6.07, 6.45) is 6.13. The van der Waals surface area contributed by atoms with Crippen molar-refractivity contribution < 1.29 is 9.18 Å². The third kappa shape index (κ3) is 2.92. The van der Waals surface area contributed by atoms with Crippen molar-refractivity contribution in [2.45, 2.75) is 32.6 Å². The first-order valence-electron chi connectivity index (χ1n) is 11.3. The predicted octanol–water partition coefficient (Wildman–Crippen LogP) is 3.93. The van der Waals surface area contributed by atoms with Crippen LogP contribution in [0.25, 0.3) is 10.3 Å². The average Bonchev–Trinajstić information content (AvgIpc) is 3.30. The van der Waals surface area contributed by atoms with Gasteiger partial charge in [-0.25, -0.2) is 14.4 Å². The van der Waals surface area contributed by atoms with Crippen LogP contribution in [-0.2, 0) is 6.42 Å². The summed E-state index contributed by atoms with van der Waals surface area (Å²) in [6, 6.07) is 5.55. The lowest BCUT2D eigenvalue weighted by Gasteiger charge is -2.60. The van der Waals surface area contributed by atoms with Crippen LogP contribution < -0.4 is 16.0 Å². The lowest BCUT2D eigenvalue weighted by atomic mass is 9.43. The third-order valence-corrected chi connectivity index (χ3v) is 9.01. The lowest BCUT2D eigenvalue weighted by Crippen LogP contribution is -2.55. The quantitative estimate of drug-likeness (QED) is 0.614. The minimum Gasteiger partial charge on any atom is -0.396 e. The van der Waals surface area contributed by atoms with Crippen LogP contribution in [0.4, 0.5) is 15.8 Å². The Morgan fingerprint density at radius 3 is 3.00 bits per heavy atom. The van der Waals surface area contributed by atoms with Gasteiger partial charge in [0.15, 0.2) is 0 Å². The van der Waals surface area contributed by atoms with E-state index in [0.29, 0.717) is 44.9 Å². The number of nitrogens with one attached hydrogen (secondary N) is 1. The maximum absolute atomic E-state index is 14.8. The third-order valence-electron chi connectivity index (χ3n) is 7.93. The summed E-state index contributed by atoms with van der Waals surface area (Å²) in [5.74, 6) is 1.23. The number of aromatic nitrogens is 2. The molecule has 1 aromatic carbocycles. The van der Waals surface area contributed by atoms with E-state index in [4.69, 9.17) is 5.73 Å². The maximum Gasteiger partial charge on any atom is 0.263 e. The largest absolute Gasteiger partial charge is 0.396 e. The number of hydrogen-bond acceptors (Lipinski definition) is 6. The van der Waals surface area contributed by atoms with Gasteiger partial charge in [-0.05, 0) is 67.6 Å². The molecule has 166 valence electrons. The number of fused-ring (bicyclic) bond motifs is 1. The summed E-state index contributed by atoms with van der Waals surface area (Å²) < 4.78 is 14.8. The fraction of sp³-hybridized carbons (Fsp3) is 0.458. The van der Waals surface area contributed by atoms with Crippen molar-refractivity contribution in [3.05, 3.63) is 46.3 Å². The molecule has 0 radical (unpaired) electrons. The van der Waals surface area contributed by atoms with Crippen LogP contribution in [-0.4, -0.2) is 35.5 Å². The van der Waals surface area contributed by atoms with E-state index in [1.165, 1.54) is 30.6 Å². The number of nitrogen functional groups attached to an aromatic ring is 1. The van der Waals surface area contributed by atoms with E-state index < -0.39 is 0 Å². The van der Waals surface area contributed by atoms with Crippen molar-refractivity contribution >= 4 is 39.0 Å². The molecule has 1 saturated heterocycles. The number of carbonyl (C=O) groups excluding carboxylic acids is 1. The second kappa shape index (κ2) is 7.13. The maximum atomic E-state index is 14.8. The van der Waals surface area contributed by atoms with E-state index in [1.807, 2.05) is 19.1 Å². The highest BCUT2D eigenvalue weighted by molar-refractivity contribution is 7.21. The lowest BCUT2D eigenvalue weighted by molar-refractivity contribution is -0.104. The molecule has 3 aromatic rings. The predicted molar refractivity (Wildman–Crippen MR) is 124 cm³/mol. The smallest absolute Gasteiger partial charge is 0.263 e. The summed E-state index contributed by atoms with van der Waals surface area (Å²) in [6.45, 7) is 4.32. The molecule has 32 heavy (non-hydrogen) atoms. The molecule has 2 aliphatic carbocycles. The van der Waals surface area contributed by atoms with E-state index in [0.717, 1.165) is 36.3 Å². The monoisotopic (exact) mass is 451 g/mol. The summed E-state index contributed by atoms with van der Waals surface area (Å²) in [7, 11) is 0. The van der Waals surface area contributed by atoms with Gasteiger partial charge in [-0.1, -0.05) is 6.07 Å². The Balaban J connectivity index is 1.09. The van der Waals surface area contributed by atoms with Crippen LogP contribution in [0, 0.1) is 30.0 Å². The molecule has 3 atom stereocenters. The number of benzene rings is 1. The number of thiophene rings is 1. The van der Waals surface area contributed by atoms with Gasteiger partial charge in [0.2, 0.25) is 0 Å². The van der Waals surface area contributed by atoms with Crippen molar-refractivity contribution in [1.82, 2.24) is 15.3 Å². The normalized spacial score (nSPS) is 25.8. The van der Waals surface area contributed by atoms with Crippen molar-refractivity contribution in [1.29, 1.82) is 0 Å². The summed E-state index contributed by atoms with van der Waals surface area (Å²) in [5.41, 5.74) is 9.91. The number of rotatable bonds is 5. The molecule has 3 fully saturated rings. The molecule has 2 aromatic heterocycles. The second-order valence-electron chi connectivity index (χ2n) is 9.57. The zero-order chi connectivity index (χ0) is 22.0. The highest BCUT2D eigenvalue weighted by Crippen LogP contribution is 2.67. The topological polar surface area (TPSA) is 84.1 Å². The average molecular weight is 452 g/mol. The Labute approximate surface area is 190 Å². The summed E-state index contributed by atoms with van der Waals surface area (Å²) in [4.78, 5) is 24.7. The fourth-order valence-electron chi connectivity index (χ4n) is 5.97. The molecule has 8 heteroatoms. The van der Waals surface area contributed by atoms with Crippen LogP contribution in [0.3, 0.4) is 0 Å². The number of nitrogens with zero attached hydrogens (tertiary/aromatic N) is 3. The van der Waals surface area contributed by atoms with Gasteiger partial charge in [0.05, 0.1) is 11.4 Å². The Kier molecular flexibility index (Phi) is 4.44. The highest BCUT2D eigenvalue weighted by Gasteiger charge is 2.64. The molecule has 3 heterocycles. The van der Waals surface area contributed by atoms with Gasteiger partial charge in [-0.2, -0.15) is 0 Å². The van der Waals surface area contributed by atoms with Crippen molar-refractivity contribution in [2.24, 2.45) is 17.3 Å². The Bertz CT molecular complexity index is 1240. The highest BCUT2D eigenvalue weighted by atomic mass is 32.1. The molecule has 1 spiro atoms. The van der Waals surface area contributed by atoms with Gasteiger partial charge in [0.1, 0.15) is 21.0 Å². The van der Waals surface area contributed by atoms with Crippen LogP contribution >= 0.6 is 11.3 Å². The zero-order valence-corrected chi connectivity index (χ0v) is 18.8. The molecule has 3 unspecified atom stereocenters. The first-order valence-corrected chi connectivity index (χ1v) is 12.1. The standard InChI is InChI=1S/C24H26FN5OS/c1-13-10-28-20-19(26)21(32-23(20)29-13)22(31)27-7-5-14-2-3-17(9-18(14)25)30-11-16-8-15-4-6-24(15,16)12-30/h2-3,9-10,15-16H,4-8,11-12,26H2,1H3,(H,27,31). The molecule has 3 aliphatic rings. The second-order valence-corrected chi connectivity index (χ2v) is 10.6. The summed E-state index contributed by atoms with van der Waals surface area (Å²) in [5, 5.41) is 2.86. The molecular weight excluding hydrogens is 425 g/mol. The van der Waals surface area contributed by atoms with Crippen LogP contribution in [0.1, 0.15) is 40.2 Å². The van der Waals surface area contributed by atoms with Gasteiger partial charge in [0.25, 0.3) is 5.91 Å². The SMILES string of the molecule is Cc1cnc2c(N)c(C(=O)NCCc3ccc(N4CC5CC6CCC65C4)cc3F)sc2n1. The Morgan fingerprint density at radius 2 is 2.28 bits per heavy atom. The van der Waals surface area contributed by atoms with Crippen molar-refractivity contribution in [3.63, 3.8) is 0 Å². The molecule has 3 N–H and O–H groups in total. The minimum atomic E-state index is -0.274. The number of carbonyl (C=O) groups is 1. The van der Waals surface area contributed by atoms with Crippen molar-refractivity contribution in [2.75, 3.05) is 30.3 Å². The van der Waals surface area contributed by atoms with E-state index >= 15 is 0 Å².